The normalized spacial score (nSPS) is 31.8. The molecule has 1 aromatic carbocycles. The number of halogens is 1. The summed E-state index contributed by atoms with van der Waals surface area (Å²) in [5.74, 6) is 0. The Morgan fingerprint density at radius 3 is 2.88 bits per heavy atom. The molecule has 2 aromatic rings. The molecular weight excluding hydrogens is 454 g/mol. The van der Waals surface area contributed by atoms with Gasteiger partial charge in [-0.15, -0.1) is 12.6 Å². The highest BCUT2D eigenvalue weighted by Gasteiger charge is 2.61. The smallest absolute Gasteiger partial charge is 0.184 e. The van der Waals surface area contributed by atoms with Crippen LogP contribution in [0.2, 0.25) is 5.02 Å². The van der Waals surface area contributed by atoms with Gasteiger partial charge in [0.05, 0.1) is 11.6 Å². The van der Waals surface area contributed by atoms with Crippen molar-refractivity contribution in [3.05, 3.63) is 74.9 Å². The summed E-state index contributed by atoms with van der Waals surface area (Å²) in [4.78, 5) is 7.27. The highest BCUT2D eigenvalue weighted by atomic mass is 35.5. The van der Waals surface area contributed by atoms with Gasteiger partial charge in [0.1, 0.15) is 41.0 Å². The van der Waals surface area contributed by atoms with Crippen molar-refractivity contribution in [3.8, 4) is 6.07 Å². The number of benzene rings is 1. The van der Waals surface area contributed by atoms with Crippen molar-refractivity contribution in [1.29, 1.82) is 5.26 Å². The van der Waals surface area contributed by atoms with Crippen LogP contribution in [0, 0.1) is 11.3 Å². The van der Waals surface area contributed by atoms with E-state index in [2.05, 4.69) is 33.7 Å². The Hall–Kier alpha value is -2.35. The largest absolute Gasteiger partial charge is 0.374 e. The summed E-state index contributed by atoms with van der Waals surface area (Å²) in [7, 11) is 0. The topological polar surface area (TPSA) is 122 Å². The van der Waals surface area contributed by atoms with Crippen molar-refractivity contribution in [2.24, 2.45) is 5.11 Å². The van der Waals surface area contributed by atoms with Gasteiger partial charge in [0.25, 0.3) is 0 Å². The van der Waals surface area contributed by atoms with Gasteiger partial charge in [0, 0.05) is 28.8 Å². The number of thiol groups is 1. The number of nitrogens with zero attached hydrogens (tertiary/aromatic N) is 5. The Kier molecular flexibility index (Phi) is 6.88. The molecule has 3 heterocycles. The zero-order chi connectivity index (χ0) is 22.7. The fourth-order valence-corrected chi connectivity index (χ4v) is 4.84. The second-order valence-corrected chi connectivity index (χ2v) is 8.20. The van der Waals surface area contributed by atoms with Crippen LogP contribution in [-0.4, -0.2) is 41.9 Å². The lowest BCUT2D eigenvalue weighted by Gasteiger charge is -2.53. The van der Waals surface area contributed by atoms with E-state index in [1.54, 1.807) is 13.0 Å². The first-order chi connectivity index (χ1) is 15.5. The van der Waals surface area contributed by atoms with Crippen LogP contribution >= 0.6 is 24.2 Å². The van der Waals surface area contributed by atoms with Crippen LogP contribution in [0.4, 0.5) is 0 Å². The van der Waals surface area contributed by atoms with Gasteiger partial charge in [-0.1, -0.05) is 47.0 Å². The van der Waals surface area contributed by atoms with Crippen LogP contribution in [0.3, 0.4) is 0 Å². The van der Waals surface area contributed by atoms with E-state index in [1.807, 2.05) is 30.3 Å². The van der Waals surface area contributed by atoms with Gasteiger partial charge in [-0.2, -0.15) is 5.26 Å². The van der Waals surface area contributed by atoms with Crippen molar-refractivity contribution in [2.45, 2.75) is 42.5 Å². The molecule has 0 N–H and O–H groups in total. The van der Waals surface area contributed by atoms with E-state index in [1.165, 1.54) is 6.20 Å². The minimum Gasteiger partial charge on any atom is -0.374 e. The fraction of sp³-hybridized carbons (Fsp3) is 0.429. The first kappa shape index (κ1) is 22.8. The van der Waals surface area contributed by atoms with Gasteiger partial charge >= 0.3 is 0 Å². The van der Waals surface area contributed by atoms with Crippen molar-refractivity contribution < 1.29 is 18.9 Å². The summed E-state index contributed by atoms with van der Waals surface area (Å²) in [6.07, 6.45) is -1.80. The lowest BCUT2D eigenvalue weighted by atomic mass is 9.75. The first-order valence-corrected chi connectivity index (χ1v) is 10.8. The van der Waals surface area contributed by atoms with Gasteiger partial charge < -0.3 is 18.9 Å². The van der Waals surface area contributed by atoms with Crippen molar-refractivity contribution in [3.63, 3.8) is 0 Å². The Morgan fingerprint density at radius 1 is 1.41 bits per heavy atom. The Bertz CT molecular complexity index is 1060. The SMILES string of the molecule is CCO[C@H]1[C@@H](S)O[C@@H]2COC(c3ccccc3)O[C@@H]2C1(N=[N+]=[N-])c1cc(Cl)cnc1C#N. The Labute approximate surface area is 195 Å². The molecule has 1 aromatic heterocycles. The molecule has 0 radical (unpaired) electrons. The molecule has 9 nitrogen and oxygen atoms in total. The quantitative estimate of drug-likeness (QED) is 0.299. The summed E-state index contributed by atoms with van der Waals surface area (Å²) in [5.41, 5.74) is 8.41. The maximum Gasteiger partial charge on any atom is 0.184 e. The van der Waals surface area contributed by atoms with Crippen LogP contribution < -0.4 is 0 Å². The average Bonchev–Trinajstić information content (AvgIpc) is 2.81. The zero-order valence-corrected chi connectivity index (χ0v) is 18.7. The summed E-state index contributed by atoms with van der Waals surface area (Å²) in [5, 5.41) is 14.2. The fourth-order valence-electron chi connectivity index (χ4n) is 4.21. The lowest BCUT2D eigenvalue weighted by Crippen LogP contribution is -2.66. The first-order valence-electron chi connectivity index (χ1n) is 9.94. The molecule has 6 atom stereocenters. The molecule has 11 heteroatoms. The van der Waals surface area contributed by atoms with Gasteiger partial charge in [-0.25, -0.2) is 4.98 Å². The Morgan fingerprint density at radius 2 is 2.19 bits per heavy atom. The standard InChI is InChI=1S/C21H20ClN5O4S/c1-2-28-18-20(32)30-16-11-29-19(12-6-4-3-5-7-12)31-17(16)21(18,26-27-24)14-8-13(22)10-25-15(14)9-23/h3-8,10,16-20,32H,2,11H2,1H3/t16-,17+,18+,19?,20-,21?/m1/s1. The van der Waals surface area contributed by atoms with E-state index in [0.29, 0.717) is 0 Å². The highest BCUT2D eigenvalue weighted by Crippen LogP contribution is 2.50. The molecule has 32 heavy (non-hydrogen) atoms. The molecule has 0 saturated carbocycles. The van der Waals surface area contributed by atoms with Crippen LogP contribution in [0.15, 0.2) is 47.7 Å². The van der Waals surface area contributed by atoms with E-state index >= 15 is 0 Å². The van der Waals surface area contributed by atoms with Crippen molar-refractivity contribution >= 4 is 24.2 Å². The number of fused-ring (bicyclic) bond motifs is 1. The van der Waals surface area contributed by atoms with E-state index in [-0.39, 0.29) is 29.5 Å². The molecule has 0 bridgehead atoms. The van der Waals surface area contributed by atoms with Crippen molar-refractivity contribution in [1.82, 2.24) is 4.98 Å². The summed E-state index contributed by atoms with van der Waals surface area (Å²) in [6, 6.07) is 13.0. The third kappa shape index (κ3) is 3.93. The molecule has 0 aliphatic carbocycles. The van der Waals surface area contributed by atoms with Crippen molar-refractivity contribution in [2.75, 3.05) is 13.2 Å². The number of pyridine rings is 1. The maximum absolute atomic E-state index is 9.78. The minimum atomic E-state index is -1.54. The van der Waals surface area contributed by atoms with E-state index in [9.17, 15) is 10.8 Å². The van der Waals surface area contributed by atoms with Crippen LogP contribution in [-0.2, 0) is 24.5 Å². The molecule has 4 rings (SSSR count). The van der Waals surface area contributed by atoms with E-state index < -0.39 is 35.6 Å². The number of hydrogen-bond donors (Lipinski definition) is 1. The highest BCUT2D eigenvalue weighted by molar-refractivity contribution is 7.80. The summed E-state index contributed by atoms with van der Waals surface area (Å²) in [6.45, 7) is 2.23. The second-order valence-electron chi connectivity index (χ2n) is 7.25. The average molecular weight is 474 g/mol. The molecule has 2 fully saturated rings. The van der Waals surface area contributed by atoms with Crippen LogP contribution in [0.1, 0.15) is 30.0 Å². The van der Waals surface area contributed by atoms with Gasteiger partial charge in [-0.3, -0.25) is 0 Å². The van der Waals surface area contributed by atoms with Gasteiger partial charge in [-0.05, 0) is 18.5 Å². The lowest BCUT2D eigenvalue weighted by molar-refractivity contribution is -0.319. The number of ether oxygens (including phenoxy) is 4. The van der Waals surface area contributed by atoms with E-state index in [0.717, 1.165) is 5.56 Å². The third-order valence-corrected chi connectivity index (χ3v) is 6.08. The second kappa shape index (κ2) is 9.65. The molecule has 0 amide bonds. The monoisotopic (exact) mass is 473 g/mol. The van der Waals surface area contributed by atoms with Gasteiger partial charge in [0.15, 0.2) is 6.29 Å². The molecular formula is C21H20ClN5O4S. The minimum absolute atomic E-state index is 0.0408. The number of azide groups is 1. The number of hydrogen-bond acceptors (Lipinski definition) is 8. The van der Waals surface area contributed by atoms with Crippen LogP contribution in [0.5, 0.6) is 0 Å². The summed E-state index contributed by atoms with van der Waals surface area (Å²) < 4.78 is 24.3. The Balaban J connectivity index is 1.92. The molecule has 2 aliphatic rings. The predicted molar refractivity (Wildman–Crippen MR) is 118 cm³/mol. The van der Waals surface area contributed by atoms with E-state index in [4.69, 9.17) is 30.5 Å². The number of nitriles is 1. The maximum atomic E-state index is 9.78. The van der Waals surface area contributed by atoms with Crippen LogP contribution in [0.25, 0.3) is 10.4 Å². The molecule has 2 aliphatic heterocycles. The molecule has 2 saturated heterocycles. The molecule has 0 spiro atoms. The molecule has 2 unspecified atom stereocenters. The number of rotatable bonds is 5. The third-order valence-electron chi connectivity index (χ3n) is 5.48. The van der Waals surface area contributed by atoms with Gasteiger partial charge in [0.2, 0.25) is 0 Å². The zero-order valence-electron chi connectivity index (χ0n) is 17.0. The number of aromatic nitrogens is 1. The molecule has 166 valence electrons. The predicted octanol–water partition coefficient (Wildman–Crippen LogP) is 4.29. The summed E-state index contributed by atoms with van der Waals surface area (Å²) >= 11 is 10.8.